The third-order valence-electron chi connectivity index (χ3n) is 5.09. The van der Waals surface area contributed by atoms with Gasteiger partial charge in [-0.15, -0.1) is 0 Å². The van der Waals surface area contributed by atoms with E-state index in [1.165, 1.54) is 5.56 Å². The molecule has 1 heterocycles. The second-order valence-electron chi connectivity index (χ2n) is 7.25. The van der Waals surface area contributed by atoms with Crippen molar-refractivity contribution in [3.05, 3.63) is 35.4 Å². The summed E-state index contributed by atoms with van der Waals surface area (Å²) in [6.45, 7) is 3.16. The monoisotopic (exact) mass is 371 g/mol. The van der Waals surface area contributed by atoms with E-state index in [4.69, 9.17) is 5.11 Å². The highest BCUT2D eigenvalue weighted by atomic mass is 19.4. The second-order valence-corrected chi connectivity index (χ2v) is 7.25. The molecule has 2 rings (SSSR count). The van der Waals surface area contributed by atoms with Gasteiger partial charge in [0, 0.05) is 18.9 Å². The number of carboxylic acids is 1. The van der Waals surface area contributed by atoms with E-state index in [-0.39, 0.29) is 24.8 Å². The molecule has 1 saturated heterocycles. The van der Waals surface area contributed by atoms with Crippen molar-refractivity contribution in [3.63, 3.8) is 0 Å². The van der Waals surface area contributed by atoms with Crippen molar-refractivity contribution in [1.29, 1.82) is 0 Å². The standard InChI is InChI=1S/C20H28F3NO2/c1-2-4-15-5-7-17(8-6-15)18-13-16(14-19(25)26)9-12-24(18)11-3-10-20(21,22)23/h5-8,16,18H,2-4,9-14H2,1H3,(H,25,26)/t16-,18+/m1/s1. The number of carboxylic acid groups (broad SMARTS) is 1. The van der Waals surface area contributed by atoms with Crippen LogP contribution in [0.25, 0.3) is 0 Å². The van der Waals surface area contributed by atoms with Crippen LogP contribution in [0.3, 0.4) is 0 Å². The summed E-state index contributed by atoms with van der Waals surface area (Å²) in [6.07, 6.45) is -1.22. The molecule has 1 aromatic carbocycles. The van der Waals surface area contributed by atoms with Crippen molar-refractivity contribution >= 4 is 5.97 Å². The number of piperidine rings is 1. The molecule has 0 aliphatic carbocycles. The van der Waals surface area contributed by atoms with Crippen LogP contribution in [0.1, 0.15) is 62.6 Å². The highest BCUT2D eigenvalue weighted by Gasteiger charge is 2.32. The molecule has 6 heteroatoms. The Balaban J connectivity index is 2.08. The fourth-order valence-electron chi connectivity index (χ4n) is 3.81. The Morgan fingerprint density at radius 2 is 1.96 bits per heavy atom. The first-order valence-corrected chi connectivity index (χ1v) is 9.40. The number of halogens is 3. The number of aliphatic carboxylic acids is 1. The van der Waals surface area contributed by atoms with Crippen molar-refractivity contribution in [2.45, 2.75) is 64.1 Å². The average Bonchev–Trinajstić information content (AvgIpc) is 2.55. The first-order valence-electron chi connectivity index (χ1n) is 9.40. The van der Waals surface area contributed by atoms with E-state index in [0.29, 0.717) is 19.5 Å². The molecule has 2 atom stereocenters. The number of hydrogen-bond donors (Lipinski definition) is 1. The molecule has 0 bridgehead atoms. The highest BCUT2D eigenvalue weighted by molar-refractivity contribution is 5.67. The van der Waals surface area contributed by atoms with Crippen molar-refractivity contribution in [2.24, 2.45) is 5.92 Å². The highest BCUT2D eigenvalue weighted by Crippen LogP contribution is 2.36. The van der Waals surface area contributed by atoms with Crippen LogP contribution in [0.5, 0.6) is 0 Å². The van der Waals surface area contributed by atoms with Crippen molar-refractivity contribution < 1.29 is 23.1 Å². The molecule has 26 heavy (non-hydrogen) atoms. The van der Waals surface area contributed by atoms with Gasteiger partial charge < -0.3 is 5.11 Å². The van der Waals surface area contributed by atoms with E-state index >= 15 is 0 Å². The van der Waals surface area contributed by atoms with Gasteiger partial charge in [0.1, 0.15) is 0 Å². The van der Waals surface area contributed by atoms with Crippen LogP contribution in [-0.4, -0.2) is 35.2 Å². The van der Waals surface area contributed by atoms with Crippen LogP contribution in [0.2, 0.25) is 0 Å². The van der Waals surface area contributed by atoms with Gasteiger partial charge in [-0.3, -0.25) is 9.69 Å². The predicted molar refractivity (Wildman–Crippen MR) is 95.0 cm³/mol. The molecule has 1 fully saturated rings. The quantitative estimate of drug-likeness (QED) is 0.682. The van der Waals surface area contributed by atoms with Gasteiger partial charge in [-0.25, -0.2) is 0 Å². The molecule has 0 spiro atoms. The minimum Gasteiger partial charge on any atom is -0.481 e. The summed E-state index contributed by atoms with van der Waals surface area (Å²) >= 11 is 0. The molecule has 1 aliphatic rings. The molecular weight excluding hydrogens is 343 g/mol. The lowest BCUT2D eigenvalue weighted by Gasteiger charge is -2.39. The fraction of sp³-hybridized carbons (Fsp3) is 0.650. The summed E-state index contributed by atoms with van der Waals surface area (Å²) in [5.74, 6) is -0.732. The molecule has 0 saturated carbocycles. The molecule has 0 aromatic heterocycles. The Bertz CT molecular complexity index is 571. The number of nitrogens with zero attached hydrogens (tertiary/aromatic N) is 1. The number of carbonyl (C=O) groups is 1. The number of aryl methyl sites for hydroxylation is 1. The summed E-state index contributed by atoms with van der Waals surface area (Å²) in [5, 5.41) is 9.08. The molecule has 146 valence electrons. The lowest BCUT2D eigenvalue weighted by molar-refractivity contribution is -0.140. The van der Waals surface area contributed by atoms with E-state index in [1.54, 1.807) is 0 Å². The van der Waals surface area contributed by atoms with Gasteiger partial charge in [-0.1, -0.05) is 37.6 Å². The largest absolute Gasteiger partial charge is 0.481 e. The van der Waals surface area contributed by atoms with Gasteiger partial charge in [-0.05, 0) is 55.8 Å². The van der Waals surface area contributed by atoms with Gasteiger partial charge in [0.25, 0.3) is 0 Å². The topological polar surface area (TPSA) is 40.5 Å². The number of likely N-dealkylation sites (tertiary alicyclic amines) is 1. The average molecular weight is 371 g/mol. The van der Waals surface area contributed by atoms with E-state index in [9.17, 15) is 18.0 Å². The zero-order chi connectivity index (χ0) is 19.2. The molecular formula is C20H28F3NO2. The van der Waals surface area contributed by atoms with Crippen LogP contribution in [0.4, 0.5) is 13.2 Å². The first-order chi connectivity index (χ1) is 12.3. The summed E-state index contributed by atoms with van der Waals surface area (Å²) in [4.78, 5) is 13.1. The maximum Gasteiger partial charge on any atom is 0.389 e. The Kier molecular flexibility index (Phi) is 7.50. The Morgan fingerprint density at radius 1 is 1.27 bits per heavy atom. The summed E-state index contributed by atoms with van der Waals surface area (Å²) in [7, 11) is 0. The maximum atomic E-state index is 12.5. The zero-order valence-electron chi connectivity index (χ0n) is 15.3. The Labute approximate surface area is 153 Å². The summed E-state index contributed by atoms with van der Waals surface area (Å²) in [6, 6.07) is 8.25. The number of benzene rings is 1. The van der Waals surface area contributed by atoms with Crippen LogP contribution >= 0.6 is 0 Å². The van der Waals surface area contributed by atoms with E-state index < -0.39 is 18.6 Å². The van der Waals surface area contributed by atoms with Crippen LogP contribution in [-0.2, 0) is 11.2 Å². The van der Waals surface area contributed by atoms with Gasteiger partial charge in [-0.2, -0.15) is 13.2 Å². The molecule has 3 nitrogen and oxygen atoms in total. The zero-order valence-corrected chi connectivity index (χ0v) is 15.3. The minimum absolute atomic E-state index is 0.00277. The van der Waals surface area contributed by atoms with E-state index in [0.717, 1.165) is 24.8 Å². The van der Waals surface area contributed by atoms with Crippen molar-refractivity contribution in [2.75, 3.05) is 13.1 Å². The fourth-order valence-corrected chi connectivity index (χ4v) is 3.81. The van der Waals surface area contributed by atoms with Crippen molar-refractivity contribution in [1.82, 2.24) is 4.90 Å². The third-order valence-corrected chi connectivity index (χ3v) is 5.09. The van der Waals surface area contributed by atoms with Gasteiger partial charge in [0.15, 0.2) is 0 Å². The summed E-state index contributed by atoms with van der Waals surface area (Å²) in [5.41, 5.74) is 2.32. The lowest BCUT2D eigenvalue weighted by Crippen LogP contribution is -2.38. The Morgan fingerprint density at radius 3 is 2.54 bits per heavy atom. The smallest absolute Gasteiger partial charge is 0.389 e. The lowest BCUT2D eigenvalue weighted by atomic mass is 9.84. The van der Waals surface area contributed by atoms with Gasteiger partial charge >= 0.3 is 12.1 Å². The molecule has 0 amide bonds. The number of hydrogen-bond acceptors (Lipinski definition) is 2. The van der Waals surface area contributed by atoms with Crippen LogP contribution in [0.15, 0.2) is 24.3 Å². The van der Waals surface area contributed by atoms with E-state index in [1.807, 2.05) is 0 Å². The molecule has 1 aliphatic heterocycles. The molecule has 0 unspecified atom stereocenters. The van der Waals surface area contributed by atoms with Crippen LogP contribution in [0, 0.1) is 5.92 Å². The molecule has 1 N–H and O–H groups in total. The third kappa shape index (κ3) is 6.63. The van der Waals surface area contributed by atoms with Crippen LogP contribution < -0.4 is 0 Å². The normalized spacial score (nSPS) is 21.7. The Hall–Kier alpha value is -1.56. The second kappa shape index (κ2) is 9.40. The van der Waals surface area contributed by atoms with Gasteiger partial charge in [0.05, 0.1) is 0 Å². The molecule has 1 aromatic rings. The van der Waals surface area contributed by atoms with E-state index in [2.05, 4.69) is 36.1 Å². The number of rotatable bonds is 8. The predicted octanol–water partition coefficient (Wildman–Crippen LogP) is 5.21. The minimum atomic E-state index is -4.13. The SMILES string of the molecule is CCCc1ccc([C@@H]2C[C@H](CC(=O)O)CCN2CCCC(F)(F)F)cc1. The molecule has 0 radical (unpaired) electrons. The maximum absolute atomic E-state index is 12.5. The summed E-state index contributed by atoms with van der Waals surface area (Å²) < 4.78 is 37.4. The van der Waals surface area contributed by atoms with Crippen molar-refractivity contribution in [3.8, 4) is 0 Å². The number of alkyl halides is 3. The van der Waals surface area contributed by atoms with Gasteiger partial charge in [0.2, 0.25) is 0 Å². The first kappa shape index (κ1) is 20.7.